The van der Waals surface area contributed by atoms with Gasteiger partial charge >= 0.3 is 5.69 Å². The van der Waals surface area contributed by atoms with Gasteiger partial charge in [-0.05, 0) is 30.8 Å². The van der Waals surface area contributed by atoms with Gasteiger partial charge in [0.05, 0.1) is 6.54 Å². The minimum atomic E-state index is -0.473. The van der Waals surface area contributed by atoms with E-state index in [2.05, 4.69) is 50.0 Å². The van der Waals surface area contributed by atoms with Crippen molar-refractivity contribution in [3.05, 3.63) is 55.1 Å². The number of likely N-dealkylation sites (N-methyl/N-ethyl adjacent to an activating group) is 1. The molecule has 3 aromatic rings. The lowest BCUT2D eigenvalue weighted by Gasteiger charge is -2.18. The first-order valence-electron chi connectivity index (χ1n) is 9.34. The second-order valence-electron chi connectivity index (χ2n) is 6.60. The van der Waals surface area contributed by atoms with E-state index in [0.717, 1.165) is 29.7 Å². The second kappa shape index (κ2) is 8.74. The summed E-state index contributed by atoms with van der Waals surface area (Å²) in [5.41, 5.74) is 0.868. The molecule has 0 aliphatic heterocycles. The fraction of sp³-hybridized carbons (Fsp3) is 0.421. The van der Waals surface area contributed by atoms with Crippen LogP contribution < -0.4 is 16.6 Å². The van der Waals surface area contributed by atoms with E-state index >= 15 is 0 Å². The minimum Gasteiger partial charge on any atom is -0.354 e. The van der Waals surface area contributed by atoms with Crippen molar-refractivity contribution in [2.45, 2.75) is 20.4 Å². The first kappa shape index (κ1) is 20.3. The number of aromatic amines is 1. The Labute approximate surface area is 171 Å². The van der Waals surface area contributed by atoms with E-state index < -0.39 is 11.2 Å². The highest BCUT2D eigenvalue weighted by Gasteiger charge is 2.17. The summed E-state index contributed by atoms with van der Waals surface area (Å²) in [7, 11) is 1.61. The lowest BCUT2D eigenvalue weighted by molar-refractivity contribution is 0.315. The molecule has 0 aliphatic carbocycles. The predicted octanol–water partition coefficient (Wildman–Crippen LogP) is 1.99. The number of hydrogen-bond acceptors (Lipinski definition) is 5. The summed E-state index contributed by atoms with van der Waals surface area (Å²) in [6.07, 6.45) is 0. The number of imidazole rings is 1. The summed E-state index contributed by atoms with van der Waals surface area (Å²) < 4.78 is 4.16. The van der Waals surface area contributed by atoms with Crippen molar-refractivity contribution in [1.82, 2.24) is 24.0 Å². The summed E-state index contributed by atoms with van der Waals surface area (Å²) in [4.78, 5) is 33.8. The van der Waals surface area contributed by atoms with Crippen molar-refractivity contribution in [3.8, 4) is 0 Å². The Bertz CT molecular complexity index is 1080. The molecule has 8 nitrogen and oxygen atoms in total. The monoisotopic (exact) mass is 448 g/mol. The predicted molar refractivity (Wildman–Crippen MR) is 115 cm³/mol. The molecule has 9 heteroatoms. The van der Waals surface area contributed by atoms with Crippen LogP contribution in [0.25, 0.3) is 11.2 Å². The Morgan fingerprint density at radius 3 is 2.68 bits per heavy atom. The number of H-pyrrole nitrogens is 1. The van der Waals surface area contributed by atoms with E-state index in [0.29, 0.717) is 30.2 Å². The van der Waals surface area contributed by atoms with E-state index in [1.165, 1.54) is 4.57 Å². The first-order valence-corrected chi connectivity index (χ1v) is 10.1. The van der Waals surface area contributed by atoms with Gasteiger partial charge in [0.2, 0.25) is 5.95 Å². The Hall–Kier alpha value is -2.39. The van der Waals surface area contributed by atoms with Crippen molar-refractivity contribution in [2.75, 3.05) is 31.5 Å². The zero-order valence-electron chi connectivity index (χ0n) is 16.3. The molecular formula is C19H25BrN6O2. The van der Waals surface area contributed by atoms with Crippen LogP contribution in [0.1, 0.15) is 19.4 Å². The van der Waals surface area contributed by atoms with E-state index in [1.807, 2.05) is 28.8 Å². The van der Waals surface area contributed by atoms with Crippen molar-refractivity contribution in [2.24, 2.45) is 7.05 Å². The maximum Gasteiger partial charge on any atom is 0.329 e. The van der Waals surface area contributed by atoms with E-state index in [4.69, 9.17) is 0 Å². The molecule has 0 unspecified atom stereocenters. The van der Waals surface area contributed by atoms with Crippen molar-refractivity contribution in [3.63, 3.8) is 0 Å². The lowest BCUT2D eigenvalue weighted by atomic mass is 10.2. The molecule has 150 valence electrons. The Balaban J connectivity index is 2.03. The van der Waals surface area contributed by atoms with Crippen LogP contribution in [-0.4, -0.2) is 50.2 Å². The number of aryl methyl sites for hydroxylation is 1. The van der Waals surface area contributed by atoms with Crippen LogP contribution in [0, 0.1) is 0 Å². The van der Waals surface area contributed by atoms with Gasteiger partial charge in [-0.2, -0.15) is 4.98 Å². The third kappa shape index (κ3) is 4.20. The average Bonchev–Trinajstić information content (AvgIpc) is 3.02. The number of nitrogens with zero attached hydrogens (tertiary/aromatic N) is 4. The van der Waals surface area contributed by atoms with Crippen molar-refractivity contribution < 1.29 is 0 Å². The number of hydrogen-bond donors (Lipinski definition) is 2. The number of aromatic nitrogens is 4. The molecule has 0 aliphatic rings. The zero-order valence-corrected chi connectivity index (χ0v) is 17.9. The van der Waals surface area contributed by atoms with Gasteiger partial charge < -0.3 is 10.2 Å². The van der Waals surface area contributed by atoms with Gasteiger partial charge in [0, 0.05) is 24.6 Å². The van der Waals surface area contributed by atoms with Crippen LogP contribution >= 0.6 is 15.9 Å². The number of rotatable bonds is 8. The summed E-state index contributed by atoms with van der Waals surface area (Å²) in [5, 5.41) is 3.34. The number of halogens is 1. The van der Waals surface area contributed by atoms with Crippen molar-refractivity contribution in [1.29, 1.82) is 0 Å². The summed E-state index contributed by atoms with van der Waals surface area (Å²) in [5.74, 6) is 0.578. The molecule has 3 rings (SSSR count). The molecule has 0 radical (unpaired) electrons. The number of nitrogens with one attached hydrogen (secondary N) is 2. The minimum absolute atomic E-state index is 0.370. The zero-order chi connectivity index (χ0) is 20.3. The van der Waals surface area contributed by atoms with Gasteiger partial charge in [0.25, 0.3) is 5.56 Å². The molecule has 2 aromatic heterocycles. The topological polar surface area (TPSA) is 88.0 Å². The smallest absolute Gasteiger partial charge is 0.329 e. The molecule has 28 heavy (non-hydrogen) atoms. The maximum absolute atomic E-state index is 12.5. The molecule has 0 amide bonds. The molecule has 0 saturated heterocycles. The quantitative estimate of drug-likeness (QED) is 0.549. The summed E-state index contributed by atoms with van der Waals surface area (Å²) in [6, 6.07) is 7.90. The highest BCUT2D eigenvalue weighted by atomic mass is 79.9. The lowest BCUT2D eigenvalue weighted by Crippen LogP contribution is -2.29. The largest absolute Gasteiger partial charge is 0.354 e. The SMILES string of the molecule is CCN(CC)CCNc1nc2c(c(=O)[nH]c(=O)n2C)n1Cc1cccc(Br)c1. The second-order valence-corrected chi connectivity index (χ2v) is 7.51. The molecule has 2 heterocycles. The van der Waals surface area contributed by atoms with Crippen LogP contribution in [0.3, 0.4) is 0 Å². The number of benzene rings is 1. The number of fused-ring (bicyclic) bond motifs is 1. The molecule has 0 fully saturated rings. The summed E-state index contributed by atoms with van der Waals surface area (Å²) in [6.45, 7) is 8.22. The van der Waals surface area contributed by atoms with Gasteiger partial charge in [0.15, 0.2) is 11.2 Å². The molecule has 0 spiro atoms. The maximum atomic E-state index is 12.5. The first-order chi connectivity index (χ1) is 13.4. The van der Waals surface area contributed by atoms with E-state index in [1.54, 1.807) is 7.05 Å². The Kier molecular flexibility index (Phi) is 6.35. The van der Waals surface area contributed by atoms with Crippen LogP contribution in [0.15, 0.2) is 38.3 Å². The van der Waals surface area contributed by atoms with Crippen LogP contribution in [0.5, 0.6) is 0 Å². The summed E-state index contributed by atoms with van der Waals surface area (Å²) >= 11 is 3.48. The highest BCUT2D eigenvalue weighted by molar-refractivity contribution is 9.10. The molecule has 0 bridgehead atoms. The average molecular weight is 449 g/mol. The van der Waals surface area contributed by atoms with Gasteiger partial charge in [-0.15, -0.1) is 0 Å². The standard InChI is InChI=1S/C19H25BrN6O2/c1-4-25(5-2)10-9-21-18-22-16-15(17(27)23-19(28)24(16)3)26(18)12-13-7-6-8-14(20)11-13/h6-8,11H,4-5,9-10,12H2,1-3H3,(H,21,22)(H,23,27,28). The van der Waals surface area contributed by atoms with Crippen molar-refractivity contribution >= 4 is 33.0 Å². The van der Waals surface area contributed by atoms with Gasteiger partial charge in [0.1, 0.15) is 0 Å². The Morgan fingerprint density at radius 2 is 2.00 bits per heavy atom. The van der Waals surface area contributed by atoms with Crippen LogP contribution in [-0.2, 0) is 13.6 Å². The van der Waals surface area contributed by atoms with E-state index in [-0.39, 0.29) is 0 Å². The van der Waals surface area contributed by atoms with Gasteiger partial charge in [-0.3, -0.25) is 18.9 Å². The molecule has 0 saturated carbocycles. The Morgan fingerprint density at radius 1 is 1.25 bits per heavy atom. The number of anilines is 1. The van der Waals surface area contributed by atoms with Crippen LogP contribution in [0.4, 0.5) is 5.95 Å². The molecule has 1 aromatic carbocycles. The molecular weight excluding hydrogens is 424 g/mol. The van der Waals surface area contributed by atoms with Gasteiger partial charge in [-0.25, -0.2) is 4.79 Å². The third-order valence-corrected chi connectivity index (χ3v) is 5.34. The van der Waals surface area contributed by atoms with E-state index in [9.17, 15) is 9.59 Å². The third-order valence-electron chi connectivity index (χ3n) is 4.84. The fourth-order valence-corrected chi connectivity index (χ4v) is 3.65. The van der Waals surface area contributed by atoms with Gasteiger partial charge in [-0.1, -0.05) is 41.9 Å². The highest BCUT2D eigenvalue weighted by Crippen LogP contribution is 2.19. The molecule has 2 N–H and O–H groups in total. The normalized spacial score (nSPS) is 11.5. The fourth-order valence-electron chi connectivity index (χ4n) is 3.21. The molecule has 0 atom stereocenters. The van der Waals surface area contributed by atoms with Crippen LogP contribution in [0.2, 0.25) is 0 Å².